The summed E-state index contributed by atoms with van der Waals surface area (Å²) in [6.07, 6.45) is 6.82. The van der Waals surface area contributed by atoms with Gasteiger partial charge in [-0.2, -0.15) is 5.10 Å². The Morgan fingerprint density at radius 2 is 2.09 bits per heavy atom. The first-order valence-corrected chi connectivity index (χ1v) is 8.05. The Hall–Kier alpha value is -2.10. The summed E-state index contributed by atoms with van der Waals surface area (Å²) in [5.74, 6) is 0.189. The highest BCUT2D eigenvalue weighted by atomic mass is 16.2. The fraction of sp³-hybridized carbons (Fsp3) is 0.444. The summed E-state index contributed by atoms with van der Waals surface area (Å²) in [5.41, 5.74) is 3.22. The Bertz CT molecular complexity index is 629. The maximum Gasteiger partial charge on any atom is 0.230 e. The molecular formula is C18H23N3O. The minimum absolute atomic E-state index is 0.189. The zero-order chi connectivity index (χ0) is 15.4. The number of aromatic amines is 1. The summed E-state index contributed by atoms with van der Waals surface area (Å²) in [4.78, 5) is 12.6. The van der Waals surface area contributed by atoms with Gasteiger partial charge >= 0.3 is 0 Å². The smallest absolute Gasteiger partial charge is 0.230 e. The summed E-state index contributed by atoms with van der Waals surface area (Å²) in [7, 11) is 0. The van der Waals surface area contributed by atoms with Crippen molar-refractivity contribution in [2.75, 3.05) is 6.54 Å². The summed E-state index contributed by atoms with van der Waals surface area (Å²) in [6, 6.07) is 10.2. The second-order valence-electron chi connectivity index (χ2n) is 6.18. The van der Waals surface area contributed by atoms with E-state index in [2.05, 4.69) is 27.6 Å². The van der Waals surface area contributed by atoms with E-state index in [1.165, 1.54) is 5.56 Å². The fourth-order valence-electron chi connectivity index (χ4n) is 3.21. The molecule has 2 N–H and O–H groups in total. The maximum atomic E-state index is 12.6. The Balaban J connectivity index is 1.54. The molecule has 1 aliphatic rings. The van der Waals surface area contributed by atoms with Crippen LogP contribution in [0.4, 0.5) is 0 Å². The quantitative estimate of drug-likeness (QED) is 0.806. The van der Waals surface area contributed by atoms with Gasteiger partial charge in [-0.25, -0.2) is 0 Å². The molecule has 4 nitrogen and oxygen atoms in total. The highest BCUT2D eigenvalue weighted by molar-refractivity contribution is 5.89. The second kappa shape index (κ2) is 6.34. The van der Waals surface area contributed by atoms with Crippen molar-refractivity contribution in [3.05, 3.63) is 53.3 Å². The molecule has 0 saturated heterocycles. The van der Waals surface area contributed by atoms with Gasteiger partial charge in [-0.15, -0.1) is 0 Å². The van der Waals surface area contributed by atoms with Gasteiger partial charge < -0.3 is 5.32 Å². The molecule has 116 valence electrons. The van der Waals surface area contributed by atoms with E-state index in [9.17, 15) is 4.79 Å². The number of hydrogen-bond donors (Lipinski definition) is 2. The minimum atomic E-state index is -0.285. The Kier molecular flexibility index (Phi) is 4.27. The number of carbonyl (C=O) groups excluding carboxylic acids is 1. The number of nitrogens with one attached hydrogen (secondary N) is 2. The predicted molar refractivity (Wildman–Crippen MR) is 86.6 cm³/mol. The number of aryl methyl sites for hydroxylation is 2. The summed E-state index contributed by atoms with van der Waals surface area (Å²) >= 11 is 0. The van der Waals surface area contributed by atoms with E-state index in [-0.39, 0.29) is 11.3 Å². The van der Waals surface area contributed by atoms with Crippen LogP contribution in [0.25, 0.3) is 0 Å². The molecule has 1 fully saturated rings. The number of amides is 1. The van der Waals surface area contributed by atoms with Crippen molar-refractivity contribution in [3.63, 3.8) is 0 Å². The van der Waals surface area contributed by atoms with Crippen molar-refractivity contribution in [3.8, 4) is 0 Å². The van der Waals surface area contributed by atoms with E-state index in [0.717, 1.165) is 49.9 Å². The first-order chi connectivity index (χ1) is 10.7. The van der Waals surface area contributed by atoms with Crippen molar-refractivity contribution < 1.29 is 4.79 Å². The normalized spacial score (nSPS) is 16.0. The summed E-state index contributed by atoms with van der Waals surface area (Å²) in [6.45, 7) is 2.75. The molecule has 1 aromatic carbocycles. The zero-order valence-electron chi connectivity index (χ0n) is 13.1. The SMILES string of the molecule is Cc1[nH]ncc1CCCNC(=O)C1(c2ccccc2)CCC1. The lowest BCUT2D eigenvalue weighted by Crippen LogP contribution is -2.49. The van der Waals surface area contributed by atoms with Gasteiger partial charge in [-0.3, -0.25) is 9.89 Å². The van der Waals surface area contributed by atoms with Crippen LogP contribution in [0.5, 0.6) is 0 Å². The van der Waals surface area contributed by atoms with Crippen LogP contribution in [0.3, 0.4) is 0 Å². The Labute approximate surface area is 131 Å². The number of aromatic nitrogens is 2. The number of hydrogen-bond acceptors (Lipinski definition) is 2. The van der Waals surface area contributed by atoms with Crippen LogP contribution in [0, 0.1) is 6.92 Å². The van der Waals surface area contributed by atoms with Gasteiger partial charge in [0.25, 0.3) is 0 Å². The fourth-order valence-corrected chi connectivity index (χ4v) is 3.21. The van der Waals surface area contributed by atoms with E-state index in [4.69, 9.17) is 0 Å². The van der Waals surface area contributed by atoms with Crippen LogP contribution >= 0.6 is 0 Å². The molecule has 3 rings (SSSR count). The summed E-state index contributed by atoms with van der Waals surface area (Å²) < 4.78 is 0. The largest absolute Gasteiger partial charge is 0.355 e. The van der Waals surface area contributed by atoms with Crippen LogP contribution in [0.1, 0.15) is 42.5 Å². The molecule has 0 radical (unpaired) electrons. The number of nitrogens with zero attached hydrogens (tertiary/aromatic N) is 1. The van der Waals surface area contributed by atoms with Gasteiger partial charge in [0.2, 0.25) is 5.91 Å². The molecule has 0 aliphatic heterocycles. The molecule has 1 aliphatic carbocycles. The van der Waals surface area contributed by atoms with Crippen LogP contribution in [0.15, 0.2) is 36.5 Å². The van der Waals surface area contributed by atoms with Crippen molar-refractivity contribution >= 4 is 5.91 Å². The van der Waals surface area contributed by atoms with Crippen LogP contribution in [-0.2, 0) is 16.6 Å². The van der Waals surface area contributed by atoms with Crippen LogP contribution in [0.2, 0.25) is 0 Å². The van der Waals surface area contributed by atoms with E-state index in [0.29, 0.717) is 0 Å². The number of rotatable bonds is 6. The highest BCUT2D eigenvalue weighted by Gasteiger charge is 2.45. The average Bonchev–Trinajstić information content (AvgIpc) is 2.89. The molecule has 1 amide bonds. The molecule has 0 bridgehead atoms. The molecular weight excluding hydrogens is 274 g/mol. The predicted octanol–water partition coefficient (Wildman–Crippen LogP) is 2.89. The average molecular weight is 297 g/mol. The lowest BCUT2D eigenvalue weighted by Gasteiger charge is -2.40. The first kappa shape index (κ1) is 14.8. The maximum absolute atomic E-state index is 12.6. The van der Waals surface area contributed by atoms with Crippen molar-refractivity contribution in [2.45, 2.75) is 44.4 Å². The van der Waals surface area contributed by atoms with E-state index >= 15 is 0 Å². The van der Waals surface area contributed by atoms with Gasteiger partial charge in [-0.1, -0.05) is 36.8 Å². The monoisotopic (exact) mass is 297 g/mol. The van der Waals surface area contributed by atoms with Crippen molar-refractivity contribution in [1.29, 1.82) is 0 Å². The molecule has 1 aromatic heterocycles. The summed E-state index contributed by atoms with van der Waals surface area (Å²) in [5, 5.41) is 10.1. The lowest BCUT2D eigenvalue weighted by molar-refractivity contribution is -0.129. The highest BCUT2D eigenvalue weighted by Crippen LogP contribution is 2.43. The number of carbonyl (C=O) groups is 1. The Morgan fingerprint density at radius 1 is 1.32 bits per heavy atom. The number of H-pyrrole nitrogens is 1. The van der Waals surface area contributed by atoms with Crippen molar-refractivity contribution in [1.82, 2.24) is 15.5 Å². The molecule has 0 spiro atoms. The van der Waals surface area contributed by atoms with Gasteiger partial charge in [0.05, 0.1) is 11.6 Å². The lowest BCUT2D eigenvalue weighted by atomic mass is 9.64. The Morgan fingerprint density at radius 3 is 2.68 bits per heavy atom. The zero-order valence-corrected chi connectivity index (χ0v) is 13.1. The van der Waals surface area contributed by atoms with Gasteiger partial charge in [0.1, 0.15) is 0 Å². The number of benzene rings is 1. The minimum Gasteiger partial charge on any atom is -0.355 e. The van der Waals surface area contributed by atoms with Gasteiger partial charge in [0, 0.05) is 12.2 Å². The van der Waals surface area contributed by atoms with Gasteiger partial charge in [0.15, 0.2) is 0 Å². The molecule has 2 aromatic rings. The molecule has 1 saturated carbocycles. The van der Waals surface area contributed by atoms with Gasteiger partial charge in [-0.05, 0) is 43.7 Å². The third-order valence-corrected chi connectivity index (χ3v) is 4.81. The van der Waals surface area contributed by atoms with Crippen molar-refractivity contribution in [2.24, 2.45) is 0 Å². The van der Waals surface area contributed by atoms with E-state index < -0.39 is 0 Å². The van der Waals surface area contributed by atoms with E-state index in [1.54, 1.807) is 0 Å². The third-order valence-electron chi connectivity index (χ3n) is 4.81. The van der Waals surface area contributed by atoms with Crippen LogP contribution < -0.4 is 5.32 Å². The third kappa shape index (κ3) is 2.78. The standard InChI is InChI=1S/C18H23N3O/c1-14-15(13-20-21-14)7-5-12-19-17(22)18(10-6-11-18)16-8-3-2-4-9-16/h2-4,8-9,13H,5-7,10-12H2,1H3,(H,19,22)(H,20,21). The first-order valence-electron chi connectivity index (χ1n) is 8.05. The molecule has 0 unspecified atom stereocenters. The molecule has 0 atom stereocenters. The van der Waals surface area contributed by atoms with E-state index in [1.807, 2.05) is 31.3 Å². The molecule has 1 heterocycles. The molecule has 4 heteroatoms. The second-order valence-corrected chi connectivity index (χ2v) is 6.18. The van der Waals surface area contributed by atoms with Crippen LogP contribution in [-0.4, -0.2) is 22.6 Å². The topological polar surface area (TPSA) is 57.8 Å². The molecule has 22 heavy (non-hydrogen) atoms.